The molecular formula is C17H19N3O. The summed E-state index contributed by atoms with van der Waals surface area (Å²) in [5, 5.41) is 16.8. The molecule has 21 heavy (non-hydrogen) atoms. The van der Waals surface area contributed by atoms with Crippen LogP contribution in [0.1, 0.15) is 44.4 Å². The molecule has 0 amide bonds. The van der Waals surface area contributed by atoms with Crippen molar-refractivity contribution in [3.8, 4) is 17.7 Å². The third-order valence-electron chi connectivity index (χ3n) is 3.27. The van der Waals surface area contributed by atoms with Gasteiger partial charge in [0.1, 0.15) is 17.4 Å². The van der Waals surface area contributed by atoms with Gasteiger partial charge in [0.05, 0.1) is 6.20 Å². The maximum atomic E-state index is 9.11. The largest absolute Gasteiger partial charge is 0.436 e. The number of ether oxygens (including phenoxy) is 1. The first kappa shape index (κ1) is 15.0. The highest BCUT2D eigenvalue weighted by molar-refractivity contribution is 5.45. The number of nitrogens with zero attached hydrogens (tertiary/aromatic N) is 3. The lowest BCUT2D eigenvalue weighted by molar-refractivity contribution is 0.432. The summed E-state index contributed by atoms with van der Waals surface area (Å²) in [6.07, 6.45) is 2.45. The lowest BCUT2D eigenvalue weighted by Gasteiger charge is -2.23. The van der Waals surface area contributed by atoms with Crippen LogP contribution in [0.15, 0.2) is 30.5 Å². The predicted octanol–water partition coefficient (Wildman–Crippen LogP) is 4.00. The summed E-state index contributed by atoms with van der Waals surface area (Å²) < 4.78 is 5.86. The number of hydrogen-bond donors (Lipinski definition) is 0. The lowest BCUT2D eigenvalue weighted by atomic mass is 9.85. The van der Waals surface area contributed by atoms with Crippen LogP contribution in [0, 0.1) is 11.3 Å². The molecule has 108 valence electrons. The van der Waals surface area contributed by atoms with E-state index < -0.39 is 0 Å². The molecular weight excluding hydrogens is 262 g/mol. The number of hydrogen-bond acceptors (Lipinski definition) is 4. The van der Waals surface area contributed by atoms with Crippen molar-refractivity contribution in [3.63, 3.8) is 0 Å². The van der Waals surface area contributed by atoms with Crippen LogP contribution in [0.2, 0.25) is 0 Å². The maximum Gasteiger partial charge on any atom is 0.256 e. The van der Waals surface area contributed by atoms with E-state index >= 15 is 0 Å². The zero-order valence-electron chi connectivity index (χ0n) is 12.8. The van der Waals surface area contributed by atoms with Gasteiger partial charge in [-0.05, 0) is 29.5 Å². The Balaban J connectivity index is 2.47. The van der Waals surface area contributed by atoms with E-state index in [0.29, 0.717) is 5.56 Å². The van der Waals surface area contributed by atoms with Crippen LogP contribution >= 0.6 is 0 Å². The van der Waals surface area contributed by atoms with Crippen molar-refractivity contribution >= 4 is 0 Å². The fraction of sp³-hybridized carbons (Fsp3) is 0.353. The van der Waals surface area contributed by atoms with Crippen LogP contribution in [0.4, 0.5) is 0 Å². The number of rotatable bonds is 3. The van der Waals surface area contributed by atoms with Crippen LogP contribution in [0.3, 0.4) is 0 Å². The van der Waals surface area contributed by atoms with Crippen molar-refractivity contribution in [1.29, 1.82) is 5.26 Å². The predicted molar refractivity (Wildman–Crippen MR) is 81.3 cm³/mol. The minimum absolute atomic E-state index is 0.0600. The van der Waals surface area contributed by atoms with Crippen LogP contribution in [0.5, 0.6) is 11.6 Å². The van der Waals surface area contributed by atoms with Crippen LogP contribution < -0.4 is 4.74 Å². The molecule has 0 aliphatic rings. The summed E-state index contributed by atoms with van der Waals surface area (Å²) in [6, 6.07) is 9.79. The minimum Gasteiger partial charge on any atom is -0.436 e. The molecule has 0 aliphatic heterocycles. The molecule has 1 aromatic heterocycles. The van der Waals surface area contributed by atoms with Gasteiger partial charge in [-0.25, -0.2) is 0 Å². The van der Waals surface area contributed by atoms with Crippen LogP contribution in [0.25, 0.3) is 0 Å². The molecule has 0 radical (unpaired) electrons. The second kappa shape index (κ2) is 5.92. The van der Waals surface area contributed by atoms with Gasteiger partial charge in [0.15, 0.2) is 0 Å². The van der Waals surface area contributed by atoms with Gasteiger partial charge < -0.3 is 4.74 Å². The molecule has 0 saturated heterocycles. The summed E-state index contributed by atoms with van der Waals surface area (Å²) in [5.41, 5.74) is 2.67. The number of nitriles is 1. The lowest BCUT2D eigenvalue weighted by Crippen LogP contribution is -2.13. The second-order valence-corrected chi connectivity index (χ2v) is 5.90. The first-order valence-corrected chi connectivity index (χ1v) is 6.98. The molecule has 0 N–H and O–H groups in total. The maximum absolute atomic E-state index is 9.11. The van der Waals surface area contributed by atoms with E-state index in [1.165, 1.54) is 11.8 Å². The van der Waals surface area contributed by atoms with Crippen molar-refractivity contribution in [2.24, 2.45) is 0 Å². The standard InChI is InChI=1S/C17H19N3O/c1-5-12-6-7-15(14(10-12)17(2,3)4)21-16-13(11-18)8-9-19-20-16/h6-10H,5H2,1-4H3. The molecule has 0 aliphatic carbocycles. The van der Waals surface area contributed by atoms with E-state index in [1.807, 2.05) is 12.1 Å². The van der Waals surface area contributed by atoms with Crippen molar-refractivity contribution < 1.29 is 4.74 Å². The van der Waals surface area contributed by atoms with Gasteiger partial charge in [-0.15, -0.1) is 5.10 Å². The Morgan fingerprint density at radius 1 is 1.24 bits per heavy atom. The Morgan fingerprint density at radius 2 is 2.00 bits per heavy atom. The van der Waals surface area contributed by atoms with Gasteiger partial charge in [0.2, 0.25) is 0 Å². The van der Waals surface area contributed by atoms with E-state index in [0.717, 1.165) is 17.7 Å². The van der Waals surface area contributed by atoms with Gasteiger partial charge in [-0.1, -0.05) is 39.8 Å². The molecule has 2 rings (SSSR count). The molecule has 1 heterocycles. The summed E-state index contributed by atoms with van der Waals surface area (Å²) in [6.45, 7) is 8.53. The Hall–Kier alpha value is -2.41. The molecule has 4 heteroatoms. The summed E-state index contributed by atoms with van der Waals surface area (Å²) >= 11 is 0. The van der Waals surface area contributed by atoms with Crippen molar-refractivity contribution in [2.75, 3.05) is 0 Å². The van der Waals surface area contributed by atoms with E-state index in [2.05, 4.69) is 50.0 Å². The SMILES string of the molecule is CCc1ccc(Oc2nnccc2C#N)c(C(C)(C)C)c1. The van der Waals surface area contributed by atoms with Gasteiger partial charge in [-0.2, -0.15) is 10.4 Å². The molecule has 0 bridgehead atoms. The molecule has 0 fully saturated rings. The Kier molecular flexibility index (Phi) is 4.23. The van der Waals surface area contributed by atoms with Crippen LogP contribution in [-0.4, -0.2) is 10.2 Å². The molecule has 0 unspecified atom stereocenters. The van der Waals surface area contributed by atoms with Gasteiger partial charge in [0.25, 0.3) is 5.88 Å². The average molecular weight is 281 g/mol. The minimum atomic E-state index is -0.0600. The van der Waals surface area contributed by atoms with Gasteiger partial charge in [0, 0.05) is 5.56 Å². The number of aryl methyl sites for hydroxylation is 1. The number of benzene rings is 1. The van der Waals surface area contributed by atoms with Crippen molar-refractivity contribution in [1.82, 2.24) is 10.2 Å². The highest BCUT2D eigenvalue weighted by atomic mass is 16.5. The zero-order chi connectivity index (χ0) is 15.5. The first-order valence-electron chi connectivity index (χ1n) is 6.98. The summed E-state index contributed by atoms with van der Waals surface area (Å²) in [4.78, 5) is 0. The molecule has 0 spiro atoms. The quantitative estimate of drug-likeness (QED) is 0.853. The third-order valence-corrected chi connectivity index (χ3v) is 3.27. The Morgan fingerprint density at radius 3 is 2.62 bits per heavy atom. The number of aromatic nitrogens is 2. The van der Waals surface area contributed by atoms with Gasteiger partial charge >= 0.3 is 0 Å². The van der Waals surface area contributed by atoms with Crippen molar-refractivity contribution in [2.45, 2.75) is 39.5 Å². The second-order valence-electron chi connectivity index (χ2n) is 5.90. The monoisotopic (exact) mass is 281 g/mol. The Bertz CT molecular complexity index is 681. The average Bonchev–Trinajstić information content (AvgIpc) is 2.47. The molecule has 1 aromatic carbocycles. The van der Waals surface area contributed by atoms with E-state index in [-0.39, 0.29) is 11.3 Å². The van der Waals surface area contributed by atoms with Crippen molar-refractivity contribution in [3.05, 3.63) is 47.2 Å². The Labute approximate surface area is 125 Å². The smallest absolute Gasteiger partial charge is 0.256 e. The van der Waals surface area contributed by atoms with E-state index in [1.54, 1.807) is 6.07 Å². The van der Waals surface area contributed by atoms with Gasteiger partial charge in [-0.3, -0.25) is 0 Å². The molecule has 0 saturated carbocycles. The summed E-state index contributed by atoms with van der Waals surface area (Å²) in [7, 11) is 0. The third kappa shape index (κ3) is 3.38. The van der Waals surface area contributed by atoms with Crippen LogP contribution in [-0.2, 0) is 11.8 Å². The molecule has 2 aromatic rings. The first-order chi connectivity index (χ1) is 9.95. The normalized spacial score (nSPS) is 11.0. The molecule has 0 atom stereocenters. The fourth-order valence-electron chi connectivity index (χ4n) is 2.06. The van der Waals surface area contributed by atoms with E-state index in [4.69, 9.17) is 10.00 Å². The molecule has 4 nitrogen and oxygen atoms in total. The summed E-state index contributed by atoms with van der Waals surface area (Å²) in [5.74, 6) is 0.964. The van der Waals surface area contributed by atoms with E-state index in [9.17, 15) is 0 Å². The highest BCUT2D eigenvalue weighted by Crippen LogP contribution is 2.35. The fourth-order valence-corrected chi connectivity index (χ4v) is 2.06. The topological polar surface area (TPSA) is 58.8 Å². The highest BCUT2D eigenvalue weighted by Gasteiger charge is 2.21. The zero-order valence-corrected chi connectivity index (χ0v) is 12.8.